The van der Waals surface area contributed by atoms with E-state index in [1.54, 1.807) is 18.2 Å². The van der Waals surface area contributed by atoms with E-state index in [-0.39, 0.29) is 0 Å². The number of hydrogen-bond donors (Lipinski definition) is 0. The average Bonchev–Trinajstić information content (AvgIpc) is 2.65. The van der Waals surface area contributed by atoms with Gasteiger partial charge in [0.05, 0.1) is 11.6 Å². The van der Waals surface area contributed by atoms with Crippen LogP contribution in [-0.2, 0) is 0 Å². The van der Waals surface area contributed by atoms with Gasteiger partial charge in [0.25, 0.3) is 3.90 Å². The summed E-state index contributed by atoms with van der Waals surface area (Å²) in [7, 11) is 0. The van der Waals surface area contributed by atoms with Gasteiger partial charge in [-0.25, -0.2) is 0 Å². The van der Waals surface area contributed by atoms with Gasteiger partial charge in [0.15, 0.2) is 0 Å². The topological polar surface area (TPSA) is 62.7 Å². The van der Waals surface area contributed by atoms with Crippen LogP contribution in [0.15, 0.2) is 28.7 Å². The van der Waals surface area contributed by atoms with E-state index < -0.39 is 0 Å². The van der Waals surface area contributed by atoms with Crippen molar-refractivity contribution in [1.29, 1.82) is 5.26 Å². The molecule has 0 atom stereocenters. The third-order valence-electron chi connectivity index (χ3n) is 1.64. The molecule has 0 saturated carbocycles. The zero-order chi connectivity index (χ0) is 9.97. The third kappa shape index (κ3) is 1.75. The molecule has 2 rings (SSSR count). The van der Waals surface area contributed by atoms with Gasteiger partial charge in [-0.3, -0.25) is 0 Å². The number of rotatable bonds is 1. The van der Waals surface area contributed by atoms with Crippen molar-refractivity contribution >= 4 is 22.6 Å². The van der Waals surface area contributed by atoms with Crippen LogP contribution in [0, 0.1) is 15.2 Å². The SMILES string of the molecule is N#Cc1cccc(-c2nnc(I)o2)c1. The fraction of sp³-hybridized carbons (Fsp3) is 0. The van der Waals surface area contributed by atoms with E-state index in [9.17, 15) is 0 Å². The Morgan fingerprint density at radius 3 is 2.86 bits per heavy atom. The highest BCUT2D eigenvalue weighted by Crippen LogP contribution is 2.19. The molecule has 2 aromatic rings. The standard InChI is InChI=1S/C9H4IN3O/c10-9-13-12-8(14-9)7-3-1-2-6(4-7)5-11/h1-4H. The maximum absolute atomic E-state index is 8.70. The molecular formula is C9H4IN3O. The molecule has 0 bridgehead atoms. The Hall–Kier alpha value is -1.42. The summed E-state index contributed by atoms with van der Waals surface area (Å²) in [5.74, 6) is 0.437. The molecule has 0 fully saturated rings. The molecule has 1 aromatic heterocycles. The van der Waals surface area contributed by atoms with Crippen LogP contribution < -0.4 is 0 Å². The quantitative estimate of drug-likeness (QED) is 0.757. The lowest BCUT2D eigenvalue weighted by Gasteiger charge is -1.93. The number of hydrogen-bond acceptors (Lipinski definition) is 4. The van der Waals surface area contributed by atoms with Crippen LogP contribution in [0.1, 0.15) is 5.56 Å². The fourth-order valence-electron chi connectivity index (χ4n) is 1.04. The van der Waals surface area contributed by atoms with Crippen LogP contribution >= 0.6 is 22.6 Å². The van der Waals surface area contributed by atoms with Gasteiger partial charge < -0.3 is 4.42 Å². The molecule has 0 amide bonds. The Balaban J connectivity index is 2.47. The van der Waals surface area contributed by atoms with Gasteiger partial charge in [-0.15, -0.1) is 10.2 Å². The first-order valence-electron chi connectivity index (χ1n) is 3.79. The molecule has 14 heavy (non-hydrogen) atoms. The van der Waals surface area contributed by atoms with Gasteiger partial charge in [-0.05, 0) is 18.2 Å². The third-order valence-corrected chi connectivity index (χ3v) is 2.07. The maximum Gasteiger partial charge on any atom is 0.278 e. The zero-order valence-electron chi connectivity index (χ0n) is 6.94. The van der Waals surface area contributed by atoms with Crippen LogP contribution in [0.3, 0.4) is 0 Å². The van der Waals surface area contributed by atoms with Crippen molar-refractivity contribution in [2.75, 3.05) is 0 Å². The minimum atomic E-state index is 0.437. The molecule has 5 heteroatoms. The first-order valence-corrected chi connectivity index (χ1v) is 4.87. The van der Waals surface area contributed by atoms with Crippen LogP contribution in [0.25, 0.3) is 11.5 Å². The van der Waals surface area contributed by atoms with Gasteiger partial charge in [0.1, 0.15) is 0 Å². The number of aromatic nitrogens is 2. The van der Waals surface area contributed by atoms with E-state index in [1.807, 2.05) is 28.7 Å². The number of nitriles is 1. The summed E-state index contributed by atoms with van der Waals surface area (Å²) in [5.41, 5.74) is 1.34. The van der Waals surface area contributed by atoms with Crippen molar-refractivity contribution in [3.8, 4) is 17.5 Å². The summed E-state index contributed by atoms with van der Waals surface area (Å²) < 4.78 is 5.71. The summed E-state index contributed by atoms with van der Waals surface area (Å²) in [6, 6.07) is 9.10. The second-order valence-corrected chi connectivity index (χ2v) is 3.48. The van der Waals surface area contributed by atoms with Crippen LogP contribution in [0.2, 0.25) is 0 Å². The molecule has 0 aliphatic heterocycles. The van der Waals surface area contributed by atoms with E-state index in [2.05, 4.69) is 16.3 Å². The first kappa shape index (κ1) is 9.15. The van der Waals surface area contributed by atoms with Crippen LogP contribution in [0.4, 0.5) is 0 Å². The van der Waals surface area contributed by atoms with Gasteiger partial charge in [-0.2, -0.15) is 5.26 Å². The monoisotopic (exact) mass is 297 g/mol. The Morgan fingerprint density at radius 2 is 2.21 bits per heavy atom. The van der Waals surface area contributed by atoms with Crippen molar-refractivity contribution in [3.05, 3.63) is 33.7 Å². The van der Waals surface area contributed by atoms with Crippen molar-refractivity contribution < 1.29 is 4.42 Å². The summed E-state index contributed by atoms with van der Waals surface area (Å²) in [6.45, 7) is 0. The number of nitrogens with zero attached hydrogens (tertiary/aromatic N) is 3. The predicted molar refractivity (Wildman–Crippen MR) is 57.2 cm³/mol. The van der Waals surface area contributed by atoms with Crippen LogP contribution in [0.5, 0.6) is 0 Å². The van der Waals surface area contributed by atoms with E-state index in [4.69, 9.17) is 9.68 Å². The predicted octanol–water partition coefficient (Wildman–Crippen LogP) is 2.21. The average molecular weight is 297 g/mol. The van der Waals surface area contributed by atoms with Crippen molar-refractivity contribution in [2.45, 2.75) is 0 Å². The molecular weight excluding hydrogens is 293 g/mol. The smallest absolute Gasteiger partial charge is 0.278 e. The van der Waals surface area contributed by atoms with E-state index in [0.29, 0.717) is 15.4 Å². The molecule has 1 heterocycles. The van der Waals surface area contributed by atoms with Crippen LogP contribution in [-0.4, -0.2) is 10.2 Å². The highest BCUT2D eigenvalue weighted by atomic mass is 127. The number of benzene rings is 1. The zero-order valence-corrected chi connectivity index (χ0v) is 9.09. The summed E-state index contributed by atoms with van der Waals surface area (Å²) in [5, 5.41) is 16.3. The second-order valence-electron chi connectivity index (χ2n) is 2.55. The molecule has 0 saturated heterocycles. The Labute approximate surface area is 93.7 Å². The molecule has 68 valence electrons. The maximum atomic E-state index is 8.70. The molecule has 1 aromatic carbocycles. The lowest BCUT2D eigenvalue weighted by Crippen LogP contribution is -1.79. The lowest BCUT2D eigenvalue weighted by atomic mass is 10.1. The normalized spacial score (nSPS) is 9.71. The van der Waals surface area contributed by atoms with E-state index >= 15 is 0 Å². The highest BCUT2D eigenvalue weighted by molar-refractivity contribution is 14.1. The van der Waals surface area contributed by atoms with Gasteiger partial charge in [0.2, 0.25) is 5.89 Å². The molecule has 0 N–H and O–H groups in total. The Bertz CT molecular complexity index is 501. The van der Waals surface area contributed by atoms with Crippen molar-refractivity contribution in [1.82, 2.24) is 10.2 Å². The minimum absolute atomic E-state index is 0.437. The first-order chi connectivity index (χ1) is 6.79. The van der Waals surface area contributed by atoms with Gasteiger partial charge >= 0.3 is 0 Å². The van der Waals surface area contributed by atoms with E-state index in [0.717, 1.165) is 5.56 Å². The number of halogens is 1. The summed E-state index contributed by atoms with van der Waals surface area (Å²) >= 11 is 1.94. The highest BCUT2D eigenvalue weighted by Gasteiger charge is 2.06. The summed E-state index contributed by atoms with van der Waals surface area (Å²) in [6.07, 6.45) is 0. The Kier molecular flexibility index (Phi) is 2.45. The van der Waals surface area contributed by atoms with Gasteiger partial charge in [0, 0.05) is 28.2 Å². The largest absolute Gasteiger partial charge is 0.412 e. The molecule has 0 unspecified atom stereocenters. The van der Waals surface area contributed by atoms with Gasteiger partial charge in [-0.1, -0.05) is 6.07 Å². The lowest BCUT2D eigenvalue weighted by molar-refractivity contribution is 0.537. The molecule has 0 aliphatic rings. The van der Waals surface area contributed by atoms with E-state index in [1.165, 1.54) is 0 Å². The molecule has 4 nitrogen and oxygen atoms in total. The molecule has 0 radical (unpaired) electrons. The second kappa shape index (κ2) is 3.75. The molecule has 0 spiro atoms. The van der Waals surface area contributed by atoms with Crippen molar-refractivity contribution in [3.63, 3.8) is 0 Å². The Morgan fingerprint density at radius 1 is 1.36 bits per heavy atom. The fourth-order valence-corrected chi connectivity index (χ4v) is 1.36. The summed E-state index contributed by atoms with van der Waals surface area (Å²) in [4.78, 5) is 0. The molecule has 0 aliphatic carbocycles. The van der Waals surface area contributed by atoms with Crippen molar-refractivity contribution in [2.24, 2.45) is 0 Å². The minimum Gasteiger partial charge on any atom is -0.412 e.